The van der Waals surface area contributed by atoms with Gasteiger partial charge in [0.15, 0.2) is 0 Å². The highest BCUT2D eigenvalue weighted by molar-refractivity contribution is 5.37. The van der Waals surface area contributed by atoms with Crippen LogP contribution in [0.25, 0.3) is 0 Å². The average Bonchev–Trinajstić information content (AvgIpc) is 2.52. The molecule has 1 nitrogen and oxygen atoms in total. The van der Waals surface area contributed by atoms with Crippen molar-refractivity contribution in [1.29, 1.82) is 0 Å². The van der Waals surface area contributed by atoms with Crippen molar-refractivity contribution in [3.63, 3.8) is 0 Å². The third-order valence-corrected chi connectivity index (χ3v) is 6.57. The number of hydrogen-bond acceptors (Lipinski definition) is 1. The maximum Gasteiger partial charge on any atom is 0.0101 e. The van der Waals surface area contributed by atoms with Gasteiger partial charge in [0.25, 0.3) is 0 Å². The minimum atomic E-state index is 0.449. The zero-order valence-corrected chi connectivity index (χ0v) is 14.2. The van der Waals surface area contributed by atoms with Gasteiger partial charge in [-0.3, -0.25) is 0 Å². The van der Waals surface area contributed by atoms with Crippen LogP contribution in [0.15, 0.2) is 24.3 Å². The highest BCUT2D eigenvalue weighted by Gasteiger charge is 2.49. The molecule has 1 heteroatoms. The molecule has 0 amide bonds. The molecule has 2 aliphatic rings. The molecule has 21 heavy (non-hydrogen) atoms. The Morgan fingerprint density at radius 1 is 1.19 bits per heavy atom. The monoisotopic (exact) mass is 285 g/mol. The molecule has 0 radical (unpaired) electrons. The summed E-state index contributed by atoms with van der Waals surface area (Å²) < 4.78 is 0. The zero-order chi connectivity index (χ0) is 15.0. The lowest BCUT2D eigenvalue weighted by Gasteiger charge is -2.55. The summed E-state index contributed by atoms with van der Waals surface area (Å²) >= 11 is 0. The Bertz CT molecular complexity index is 490. The fraction of sp³-hybridized carbons (Fsp3) is 0.700. The Balaban J connectivity index is 2.06. The molecule has 0 N–H and O–H groups in total. The van der Waals surface area contributed by atoms with Crippen LogP contribution in [0.2, 0.25) is 0 Å². The first kappa shape index (κ1) is 15.1. The Labute approximate surface area is 130 Å². The molecule has 1 heterocycles. The maximum absolute atomic E-state index is 2.59. The zero-order valence-electron chi connectivity index (χ0n) is 14.2. The molecular weight excluding hydrogens is 254 g/mol. The molecule has 1 aromatic carbocycles. The van der Waals surface area contributed by atoms with Gasteiger partial charge in [-0.25, -0.2) is 0 Å². The third-order valence-electron chi connectivity index (χ3n) is 6.57. The fourth-order valence-electron chi connectivity index (χ4n) is 5.11. The number of rotatable bonds is 2. The highest BCUT2D eigenvalue weighted by Crippen LogP contribution is 2.53. The molecule has 0 bridgehead atoms. The summed E-state index contributed by atoms with van der Waals surface area (Å²) in [6, 6.07) is 10.0. The van der Waals surface area contributed by atoms with Crippen molar-refractivity contribution in [3.8, 4) is 0 Å². The number of likely N-dealkylation sites (tertiary alicyclic amines) is 1. The van der Waals surface area contributed by atoms with E-state index < -0.39 is 0 Å². The first-order valence-corrected chi connectivity index (χ1v) is 8.87. The first-order chi connectivity index (χ1) is 10.1. The summed E-state index contributed by atoms with van der Waals surface area (Å²) in [5, 5.41) is 0. The minimum Gasteiger partial charge on any atom is -0.303 e. The Kier molecular flexibility index (Phi) is 4.14. The van der Waals surface area contributed by atoms with E-state index in [4.69, 9.17) is 0 Å². The van der Waals surface area contributed by atoms with Crippen molar-refractivity contribution in [2.75, 3.05) is 13.6 Å². The average molecular weight is 285 g/mol. The van der Waals surface area contributed by atoms with Crippen LogP contribution < -0.4 is 0 Å². The topological polar surface area (TPSA) is 3.24 Å². The van der Waals surface area contributed by atoms with Crippen LogP contribution in [-0.2, 0) is 11.8 Å². The van der Waals surface area contributed by atoms with Crippen LogP contribution >= 0.6 is 0 Å². The molecule has 1 aliphatic heterocycles. The molecule has 116 valence electrons. The van der Waals surface area contributed by atoms with Gasteiger partial charge in [-0.15, -0.1) is 0 Å². The normalized spacial score (nSPS) is 37.2. The summed E-state index contributed by atoms with van der Waals surface area (Å²) in [6.07, 6.45) is 6.73. The molecule has 1 aliphatic carbocycles. The molecule has 4 atom stereocenters. The minimum absolute atomic E-state index is 0.449. The number of benzene rings is 1. The van der Waals surface area contributed by atoms with E-state index in [0.717, 1.165) is 11.8 Å². The van der Waals surface area contributed by atoms with E-state index in [1.165, 1.54) is 38.6 Å². The van der Waals surface area contributed by atoms with Gasteiger partial charge in [0.05, 0.1) is 0 Å². The molecule has 1 saturated heterocycles. The van der Waals surface area contributed by atoms with Crippen molar-refractivity contribution in [2.45, 2.75) is 64.3 Å². The van der Waals surface area contributed by atoms with E-state index in [2.05, 4.69) is 57.0 Å². The fourth-order valence-corrected chi connectivity index (χ4v) is 5.11. The Hall–Kier alpha value is -0.820. The SMILES string of the molecule is CCc1ccccc1C12CCC(C)CC1C(C)N(C)CC2. The van der Waals surface area contributed by atoms with Gasteiger partial charge < -0.3 is 4.90 Å². The van der Waals surface area contributed by atoms with Crippen LogP contribution in [0.3, 0.4) is 0 Å². The first-order valence-electron chi connectivity index (χ1n) is 8.87. The number of hydrogen-bond donors (Lipinski definition) is 0. The second kappa shape index (κ2) is 5.76. The quantitative estimate of drug-likeness (QED) is 0.764. The molecular formula is C20H31N. The summed E-state index contributed by atoms with van der Waals surface area (Å²) in [5.74, 6) is 1.72. The van der Waals surface area contributed by atoms with E-state index in [-0.39, 0.29) is 0 Å². The smallest absolute Gasteiger partial charge is 0.0101 e. The standard InChI is InChI=1S/C20H31N/c1-5-17-8-6-7-9-18(17)20-11-10-15(2)14-19(20)16(3)21(4)13-12-20/h6-9,15-16,19H,5,10-14H2,1-4H3. The third kappa shape index (κ3) is 2.44. The van der Waals surface area contributed by atoms with Gasteiger partial charge in [0.2, 0.25) is 0 Å². The van der Waals surface area contributed by atoms with Gasteiger partial charge in [-0.2, -0.15) is 0 Å². The highest BCUT2D eigenvalue weighted by atomic mass is 15.1. The van der Waals surface area contributed by atoms with Gasteiger partial charge >= 0.3 is 0 Å². The predicted octanol–water partition coefficient (Wildman–Crippen LogP) is 4.65. The van der Waals surface area contributed by atoms with E-state index in [1.807, 2.05) is 0 Å². The van der Waals surface area contributed by atoms with Gasteiger partial charge in [0, 0.05) is 11.5 Å². The second-order valence-electron chi connectivity index (χ2n) is 7.62. The second-order valence-corrected chi connectivity index (χ2v) is 7.62. The van der Waals surface area contributed by atoms with Gasteiger partial charge in [0.1, 0.15) is 0 Å². The number of piperidine rings is 1. The number of nitrogens with zero attached hydrogens (tertiary/aromatic N) is 1. The van der Waals surface area contributed by atoms with Crippen molar-refractivity contribution < 1.29 is 0 Å². The van der Waals surface area contributed by atoms with Crippen LogP contribution in [0.4, 0.5) is 0 Å². The van der Waals surface area contributed by atoms with Gasteiger partial charge in [-0.1, -0.05) is 38.1 Å². The summed E-state index contributed by atoms with van der Waals surface area (Å²) in [6.45, 7) is 8.49. The maximum atomic E-state index is 2.59. The Morgan fingerprint density at radius 3 is 2.71 bits per heavy atom. The molecule has 3 rings (SSSR count). The number of aryl methyl sites for hydroxylation is 1. The summed E-state index contributed by atoms with van der Waals surface area (Å²) in [7, 11) is 2.32. The number of fused-ring (bicyclic) bond motifs is 1. The lowest BCUT2D eigenvalue weighted by Crippen LogP contribution is -2.56. The van der Waals surface area contributed by atoms with Crippen molar-refractivity contribution in [3.05, 3.63) is 35.4 Å². The van der Waals surface area contributed by atoms with E-state index in [9.17, 15) is 0 Å². The molecule has 0 aromatic heterocycles. The van der Waals surface area contributed by atoms with E-state index in [1.54, 1.807) is 11.1 Å². The van der Waals surface area contributed by atoms with Crippen LogP contribution in [-0.4, -0.2) is 24.5 Å². The molecule has 1 saturated carbocycles. The molecule has 0 spiro atoms. The lowest BCUT2D eigenvalue weighted by molar-refractivity contribution is 0.00715. The summed E-state index contributed by atoms with van der Waals surface area (Å²) in [4.78, 5) is 2.59. The predicted molar refractivity (Wildman–Crippen MR) is 90.7 cm³/mol. The van der Waals surface area contributed by atoms with Crippen molar-refractivity contribution in [1.82, 2.24) is 4.90 Å². The van der Waals surface area contributed by atoms with Crippen LogP contribution in [0.1, 0.15) is 57.6 Å². The van der Waals surface area contributed by atoms with Crippen molar-refractivity contribution in [2.24, 2.45) is 11.8 Å². The lowest BCUT2D eigenvalue weighted by atomic mass is 9.54. The Morgan fingerprint density at radius 2 is 1.95 bits per heavy atom. The van der Waals surface area contributed by atoms with E-state index >= 15 is 0 Å². The molecule has 2 fully saturated rings. The van der Waals surface area contributed by atoms with Crippen LogP contribution in [0.5, 0.6) is 0 Å². The van der Waals surface area contributed by atoms with Gasteiger partial charge in [-0.05, 0) is 75.6 Å². The van der Waals surface area contributed by atoms with E-state index in [0.29, 0.717) is 11.5 Å². The summed E-state index contributed by atoms with van der Waals surface area (Å²) in [5.41, 5.74) is 3.73. The molecule has 4 unspecified atom stereocenters. The van der Waals surface area contributed by atoms with Crippen molar-refractivity contribution >= 4 is 0 Å². The van der Waals surface area contributed by atoms with Crippen LogP contribution in [0, 0.1) is 11.8 Å². The molecule has 1 aromatic rings. The largest absolute Gasteiger partial charge is 0.303 e.